The van der Waals surface area contributed by atoms with Crippen LogP contribution in [0.2, 0.25) is 0 Å². The Balaban J connectivity index is 1.25. The Morgan fingerprint density at radius 3 is 2.76 bits per heavy atom. The number of nitrogens with zero attached hydrogens (tertiary/aromatic N) is 1. The molecule has 2 heterocycles. The maximum absolute atomic E-state index is 13.9. The summed E-state index contributed by atoms with van der Waals surface area (Å²) in [4.78, 5) is 16.4. The van der Waals surface area contributed by atoms with Gasteiger partial charge in [-0.3, -0.25) is 9.69 Å². The number of hydrogen-bond donors (Lipinski definition) is 3. The third-order valence-electron chi connectivity index (χ3n) is 10.5. The molecule has 1 amide bonds. The molecule has 2 aliphatic heterocycles. The molecule has 2 aromatic rings. The number of nitrogens with one attached hydrogen (secondary N) is 1. The number of likely N-dealkylation sites (tertiary alicyclic amines) is 1. The number of amides is 1. The Kier molecular flexibility index (Phi) is 5.61. The number of rotatable bonds is 7. The lowest BCUT2D eigenvalue weighted by Crippen LogP contribution is -2.78. The molecule has 202 valence electrons. The van der Waals surface area contributed by atoms with E-state index in [-0.39, 0.29) is 29.7 Å². The van der Waals surface area contributed by atoms with E-state index in [1.54, 1.807) is 6.07 Å². The quantitative estimate of drug-likeness (QED) is 0.510. The van der Waals surface area contributed by atoms with Crippen molar-refractivity contribution in [1.29, 1.82) is 0 Å². The van der Waals surface area contributed by atoms with Gasteiger partial charge in [0.25, 0.3) is 0 Å². The number of ether oxygens (including phenoxy) is 1. The van der Waals surface area contributed by atoms with Gasteiger partial charge in [-0.15, -0.1) is 0 Å². The van der Waals surface area contributed by atoms with Crippen LogP contribution in [0.15, 0.2) is 36.4 Å². The molecule has 1 unspecified atom stereocenters. The number of carbonyl (C=O) groups excluding carboxylic acids is 1. The zero-order chi connectivity index (χ0) is 26.2. The van der Waals surface area contributed by atoms with Gasteiger partial charge in [-0.2, -0.15) is 0 Å². The molecule has 6 heteroatoms. The smallest absolute Gasteiger partial charge is 0.227 e. The number of phenols is 1. The van der Waals surface area contributed by atoms with Gasteiger partial charge in [0.2, 0.25) is 5.91 Å². The fourth-order valence-electron chi connectivity index (χ4n) is 8.61. The van der Waals surface area contributed by atoms with Gasteiger partial charge in [0.05, 0.1) is 23.0 Å². The zero-order valence-electron chi connectivity index (χ0n) is 22.6. The monoisotopic (exact) mass is 516 g/mol. The predicted molar refractivity (Wildman–Crippen MR) is 146 cm³/mol. The summed E-state index contributed by atoms with van der Waals surface area (Å²) in [7, 11) is 0. The van der Waals surface area contributed by atoms with Gasteiger partial charge in [-0.05, 0) is 87.1 Å². The van der Waals surface area contributed by atoms with Crippen LogP contribution in [0, 0.1) is 12.8 Å². The largest absolute Gasteiger partial charge is 0.504 e. The standard InChI is InChI=1S/C32H40N2O4/c1-3-6-23(22-8-5-4-7-19(22)2)30(36)33-24-13-14-32(37)26-17-21-11-12-25(35)28-27(21)31(32,29(24)38-28)15-16-34(26)18-20-9-10-20/h4-5,7-8,11-12,20,23-24,26,29,35,37H,3,6,9-10,13-18H2,1-2H3,(H,33,36)/t23?,24-,26-,29+,31+,32-/m1/s1. The topological polar surface area (TPSA) is 82.0 Å². The molecule has 3 fully saturated rings. The molecule has 38 heavy (non-hydrogen) atoms. The fraction of sp³-hybridized carbons (Fsp3) is 0.594. The second-order valence-corrected chi connectivity index (χ2v) is 12.6. The van der Waals surface area contributed by atoms with Crippen molar-refractivity contribution in [2.45, 2.75) is 100 Å². The van der Waals surface area contributed by atoms with Crippen molar-refractivity contribution in [2.24, 2.45) is 5.92 Å². The van der Waals surface area contributed by atoms with Gasteiger partial charge in [0.1, 0.15) is 6.10 Å². The van der Waals surface area contributed by atoms with E-state index in [4.69, 9.17) is 4.74 Å². The van der Waals surface area contributed by atoms with Gasteiger partial charge in [-0.25, -0.2) is 0 Å². The van der Waals surface area contributed by atoms with Crippen molar-refractivity contribution in [1.82, 2.24) is 10.2 Å². The van der Waals surface area contributed by atoms with E-state index in [1.807, 2.05) is 18.2 Å². The van der Waals surface area contributed by atoms with Gasteiger partial charge in [0, 0.05) is 18.2 Å². The highest BCUT2D eigenvalue weighted by Gasteiger charge is 2.73. The predicted octanol–water partition coefficient (Wildman–Crippen LogP) is 4.33. The lowest BCUT2D eigenvalue weighted by atomic mass is 9.48. The van der Waals surface area contributed by atoms with Gasteiger partial charge >= 0.3 is 0 Å². The first kappa shape index (κ1) is 24.5. The Bertz CT molecular complexity index is 1270. The molecule has 2 aromatic carbocycles. The summed E-state index contributed by atoms with van der Waals surface area (Å²) >= 11 is 0. The Morgan fingerprint density at radius 2 is 2.00 bits per heavy atom. The normalized spacial score (nSPS) is 33.8. The van der Waals surface area contributed by atoms with Crippen LogP contribution in [0.1, 0.15) is 80.0 Å². The third kappa shape index (κ3) is 3.35. The molecule has 5 aliphatic rings. The van der Waals surface area contributed by atoms with E-state index >= 15 is 0 Å². The Labute approximate surface area is 225 Å². The van der Waals surface area contributed by atoms with Crippen LogP contribution in [0.4, 0.5) is 0 Å². The molecule has 1 saturated heterocycles. The van der Waals surface area contributed by atoms with Crippen LogP contribution in [0.5, 0.6) is 11.5 Å². The number of aromatic hydroxyl groups is 1. The van der Waals surface area contributed by atoms with Crippen molar-refractivity contribution in [3.63, 3.8) is 0 Å². The van der Waals surface area contributed by atoms with E-state index in [9.17, 15) is 15.0 Å². The molecule has 2 saturated carbocycles. The number of piperidine rings is 1. The average Bonchev–Trinajstić information content (AvgIpc) is 3.64. The van der Waals surface area contributed by atoms with Crippen molar-refractivity contribution in [3.8, 4) is 11.5 Å². The minimum atomic E-state index is -0.934. The van der Waals surface area contributed by atoms with E-state index in [0.29, 0.717) is 18.6 Å². The Hall–Kier alpha value is -2.57. The lowest BCUT2D eigenvalue weighted by molar-refractivity contribution is -0.192. The van der Waals surface area contributed by atoms with Crippen LogP contribution >= 0.6 is 0 Å². The lowest BCUT2D eigenvalue weighted by Gasteiger charge is -2.64. The zero-order valence-corrected chi connectivity index (χ0v) is 22.6. The molecule has 1 spiro atoms. The second kappa shape index (κ2) is 8.72. The van der Waals surface area contributed by atoms with Crippen molar-refractivity contribution < 1.29 is 19.7 Å². The first-order chi connectivity index (χ1) is 18.4. The first-order valence-corrected chi connectivity index (χ1v) is 14.7. The van der Waals surface area contributed by atoms with Crippen LogP contribution in [0.3, 0.4) is 0 Å². The van der Waals surface area contributed by atoms with Gasteiger partial charge in [-0.1, -0.05) is 43.7 Å². The van der Waals surface area contributed by atoms with Crippen molar-refractivity contribution in [2.75, 3.05) is 13.1 Å². The highest BCUT2D eigenvalue weighted by molar-refractivity contribution is 5.84. The summed E-state index contributed by atoms with van der Waals surface area (Å²) in [5.41, 5.74) is 2.87. The fourth-order valence-corrected chi connectivity index (χ4v) is 8.61. The molecule has 6 atom stereocenters. The van der Waals surface area contributed by atoms with E-state index in [1.165, 1.54) is 18.4 Å². The van der Waals surface area contributed by atoms with E-state index in [2.05, 4.69) is 36.2 Å². The van der Waals surface area contributed by atoms with E-state index < -0.39 is 17.1 Å². The van der Waals surface area contributed by atoms with Crippen LogP contribution in [-0.2, 0) is 16.6 Å². The molecular weight excluding hydrogens is 476 g/mol. The van der Waals surface area contributed by atoms with Gasteiger partial charge < -0.3 is 20.3 Å². The molecule has 3 aliphatic carbocycles. The minimum absolute atomic E-state index is 0.0375. The summed E-state index contributed by atoms with van der Waals surface area (Å²) in [6, 6.07) is 11.8. The van der Waals surface area contributed by atoms with Gasteiger partial charge in [0.15, 0.2) is 11.5 Å². The Morgan fingerprint density at radius 1 is 1.18 bits per heavy atom. The minimum Gasteiger partial charge on any atom is -0.504 e. The van der Waals surface area contributed by atoms with Crippen LogP contribution in [-0.4, -0.2) is 57.9 Å². The number of carbonyl (C=O) groups is 1. The molecule has 2 bridgehead atoms. The number of hydrogen-bond acceptors (Lipinski definition) is 5. The van der Waals surface area contributed by atoms with E-state index in [0.717, 1.165) is 61.4 Å². The summed E-state index contributed by atoms with van der Waals surface area (Å²) < 4.78 is 6.64. The number of aryl methyl sites for hydroxylation is 1. The number of aliphatic hydroxyl groups is 1. The molecule has 3 N–H and O–H groups in total. The molecule has 6 nitrogen and oxygen atoms in total. The summed E-state index contributed by atoms with van der Waals surface area (Å²) in [6.45, 7) is 6.17. The average molecular weight is 517 g/mol. The molecule has 7 rings (SSSR count). The highest BCUT2D eigenvalue weighted by Crippen LogP contribution is 2.65. The maximum atomic E-state index is 13.9. The first-order valence-electron chi connectivity index (χ1n) is 14.7. The molecule has 0 radical (unpaired) electrons. The summed E-state index contributed by atoms with van der Waals surface area (Å²) in [6.07, 6.45) is 6.75. The number of benzene rings is 2. The maximum Gasteiger partial charge on any atom is 0.227 e. The highest BCUT2D eigenvalue weighted by atomic mass is 16.5. The van der Waals surface area contributed by atoms with Crippen LogP contribution < -0.4 is 10.1 Å². The molecular formula is C32H40N2O4. The third-order valence-corrected chi connectivity index (χ3v) is 10.5. The van der Waals surface area contributed by atoms with Crippen molar-refractivity contribution in [3.05, 3.63) is 58.7 Å². The summed E-state index contributed by atoms with van der Waals surface area (Å²) in [5.74, 6) is 1.25. The second-order valence-electron chi connectivity index (χ2n) is 12.6. The number of phenolic OH excluding ortho intramolecular Hbond substituents is 1. The summed E-state index contributed by atoms with van der Waals surface area (Å²) in [5, 5.41) is 26.9. The SMILES string of the molecule is CCCC(C(=O)N[C@@H]1CC[C@@]2(O)[C@H]3Cc4ccc(O)c5c4[C@@]2(CCN3CC2CC2)[C@H]1O5)c1ccccc1C. The van der Waals surface area contributed by atoms with Crippen LogP contribution in [0.25, 0.3) is 0 Å². The van der Waals surface area contributed by atoms with Crippen molar-refractivity contribution >= 4 is 5.91 Å². The molecule has 0 aromatic heterocycles.